The summed E-state index contributed by atoms with van der Waals surface area (Å²) in [4.78, 5) is 1.63. The molecule has 1 atom stereocenters. The second-order valence-corrected chi connectivity index (χ2v) is 5.16. The molecule has 2 rings (SSSR count). The number of hydrogen-bond acceptors (Lipinski definition) is 2. The van der Waals surface area contributed by atoms with Crippen molar-refractivity contribution in [1.82, 2.24) is 10.2 Å². The molecule has 1 saturated heterocycles. The molecule has 1 aliphatic heterocycles. The van der Waals surface area contributed by atoms with Crippen LogP contribution in [0.5, 0.6) is 0 Å². The third kappa shape index (κ3) is 3.84. The van der Waals surface area contributed by atoms with Crippen molar-refractivity contribution in [2.45, 2.75) is 18.6 Å². The van der Waals surface area contributed by atoms with E-state index in [1.807, 2.05) is 0 Å². The van der Waals surface area contributed by atoms with Crippen molar-refractivity contribution >= 4 is 11.6 Å². The molecule has 1 aliphatic rings. The lowest BCUT2D eigenvalue weighted by Crippen LogP contribution is -2.46. The van der Waals surface area contributed by atoms with Gasteiger partial charge in [-0.25, -0.2) is 4.39 Å². The SMILES string of the molecule is Fc1cccc(Cl)c1[C@@H](CC(F)(F)F)N1CCNCC1. The standard InChI is InChI=1S/C13H15ClF4N2/c14-9-2-1-3-10(15)12(9)11(8-13(16,17)18)20-6-4-19-5-7-20/h1-3,11,19H,4-8H2/t11-/m1/s1. The predicted molar refractivity (Wildman–Crippen MR) is 69.3 cm³/mol. The van der Waals surface area contributed by atoms with E-state index in [1.54, 1.807) is 4.90 Å². The molecule has 0 aromatic heterocycles. The molecule has 1 aromatic carbocycles. The summed E-state index contributed by atoms with van der Waals surface area (Å²) in [6, 6.07) is 2.88. The number of hydrogen-bond donors (Lipinski definition) is 1. The van der Waals surface area contributed by atoms with E-state index in [0.717, 1.165) is 6.07 Å². The fourth-order valence-electron chi connectivity index (χ4n) is 2.46. The Morgan fingerprint density at radius 1 is 1.25 bits per heavy atom. The van der Waals surface area contributed by atoms with Crippen molar-refractivity contribution in [2.24, 2.45) is 0 Å². The fraction of sp³-hybridized carbons (Fsp3) is 0.538. The van der Waals surface area contributed by atoms with E-state index >= 15 is 0 Å². The minimum absolute atomic E-state index is 0.0396. The highest BCUT2D eigenvalue weighted by Crippen LogP contribution is 2.38. The van der Waals surface area contributed by atoms with Crippen molar-refractivity contribution in [3.05, 3.63) is 34.6 Å². The van der Waals surface area contributed by atoms with Gasteiger partial charge in [0.25, 0.3) is 0 Å². The first-order valence-electron chi connectivity index (χ1n) is 6.34. The fourth-order valence-corrected chi connectivity index (χ4v) is 2.74. The van der Waals surface area contributed by atoms with Crippen LogP contribution in [-0.2, 0) is 0 Å². The van der Waals surface area contributed by atoms with Gasteiger partial charge in [0.05, 0.1) is 6.42 Å². The molecule has 0 bridgehead atoms. The van der Waals surface area contributed by atoms with Crippen molar-refractivity contribution in [3.63, 3.8) is 0 Å². The Bertz CT molecular complexity index is 438. The highest BCUT2D eigenvalue weighted by Gasteiger charge is 2.37. The van der Waals surface area contributed by atoms with Crippen molar-refractivity contribution in [2.75, 3.05) is 26.2 Å². The van der Waals surface area contributed by atoms with Crippen LogP contribution in [0.1, 0.15) is 18.0 Å². The first-order valence-corrected chi connectivity index (χ1v) is 6.72. The highest BCUT2D eigenvalue weighted by molar-refractivity contribution is 6.31. The van der Waals surface area contributed by atoms with Crippen LogP contribution in [0.4, 0.5) is 17.6 Å². The van der Waals surface area contributed by atoms with E-state index < -0.39 is 24.5 Å². The summed E-state index contributed by atoms with van der Waals surface area (Å²) in [7, 11) is 0. The van der Waals surface area contributed by atoms with E-state index in [2.05, 4.69) is 5.32 Å². The number of alkyl halides is 3. The van der Waals surface area contributed by atoms with Gasteiger partial charge in [-0.2, -0.15) is 13.2 Å². The van der Waals surface area contributed by atoms with Crippen LogP contribution in [0.25, 0.3) is 0 Å². The van der Waals surface area contributed by atoms with Gasteiger partial charge in [0.15, 0.2) is 0 Å². The summed E-state index contributed by atoms with van der Waals surface area (Å²) in [5.41, 5.74) is -0.0617. The Hall–Kier alpha value is -0.850. The number of piperazine rings is 1. The maximum Gasteiger partial charge on any atom is 0.390 e. The lowest BCUT2D eigenvalue weighted by atomic mass is 10.00. The second kappa shape index (κ2) is 6.28. The quantitative estimate of drug-likeness (QED) is 0.861. The second-order valence-electron chi connectivity index (χ2n) is 4.76. The predicted octanol–water partition coefficient (Wildman–Crippen LogP) is 3.38. The lowest BCUT2D eigenvalue weighted by Gasteiger charge is -2.36. The minimum Gasteiger partial charge on any atom is -0.314 e. The molecule has 1 heterocycles. The summed E-state index contributed by atoms with van der Waals surface area (Å²) < 4.78 is 52.3. The molecule has 1 N–H and O–H groups in total. The van der Waals surface area contributed by atoms with Crippen LogP contribution < -0.4 is 5.32 Å². The molecule has 20 heavy (non-hydrogen) atoms. The van der Waals surface area contributed by atoms with E-state index in [-0.39, 0.29) is 10.6 Å². The number of nitrogens with one attached hydrogen (secondary N) is 1. The lowest BCUT2D eigenvalue weighted by molar-refractivity contribution is -0.149. The molecule has 0 saturated carbocycles. The molecule has 2 nitrogen and oxygen atoms in total. The van der Waals surface area contributed by atoms with Crippen LogP contribution in [0.15, 0.2) is 18.2 Å². The molecule has 0 amide bonds. The zero-order chi connectivity index (χ0) is 14.8. The van der Waals surface area contributed by atoms with Gasteiger partial charge in [0.2, 0.25) is 0 Å². The van der Waals surface area contributed by atoms with Gasteiger partial charge in [-0.05, 0) is 12.1 Å². The van der Waals surface area contributed by atoms with Gasteiger partial charge in [-0.1, -0.05) is 17.7 Å². The Morgan fingerprint density at radius 2 is 1.90 bits per heavy atom. The monoisotopic (exact) mass is 310 g/mol. The Balaban J connectivity index is 2.34. The summed E-state index contributed by atoms with van der Waals surface area (Å²) in [5.74, 6) is -0.690. The van der Waals surface area contributed by atoms with Gasteiger partial charge in [0, 0.05) is 42.8 Å². The van der Waals surface area contributed by atoms with Gasteiger partial charge in [-0.15, -0.1) is 0 Å². The molecule has 0 unspecified atom stereocenters. The topological polar surface area (TPSA) is 15.3 Å². The van der Waals surface area contributed by atoms with Crippen LogP contribution in [0.3, 0.4) is 0 Å². The van der Waals surface area contributed by atoms with E-state index in [9.17, 15) is 17.6 Å². The van der Waals surface area contributed by atoms with E-state index in [0.29, 0.717) is 26.2 Å². The van der Waals surface area contributed by atoms with Crippen molar-refractivity contribution in [3.8, 4) is 0 Å². The first kappa shape index (κ1) is 15.5. The Kier molecular flexibility index (Phi) is 4.88. The molecule has 7 heteroatoms. The molecule has 0 spiro atoms. The smallest absolute Gasteiger partial charge is 0.314 e. The molecule has 1 aromatic rings. The Labute approximate surface area is 119 Å². The van der Waals surface area contributed by atoms with Crippen LogP contribution in [0, 0.1) is 5.82 Å². The molecular formula is C13H15ClF4N2. The van der Waals surface area contributed by atoms with Crippen LogP contribution >= 0.6 is 11.6 Å². The third-order valence-electron chi connectivity index (χ3n) is 3.35. The maximum absolute atomic E-state index is 13.9. The largest absolute Gasteiger partial charge is 0.390 e. The highest BCUT2D eigenvalue weighted by atomic mass is 35.5. The first-order chi connectivity index (χ1) is 9.38. The molecule has 0 aliphatic carbocycles. The number of halogens is 5. The summed E-state index contributed by atoms with van der Waals surface area (Å²) in [6.07, 6.45) is -5.48. The number of rotatable bonds is 3. The van der Waals surface area contributed by atoms with Crippen LogP contribution in [-0.4, -0.2) is 37.3 Å². The summed E-state index contributed by atoms with van der Waals surface area (Å²) in [6.45, 7) is 2.04. The zero-order valence-corrected chi connectivity index (χ0v) is 11.4. The molecular weight excluding hydrogens is 296 g/mol. The van der Waals surface area contributed by atoms with Gasteiger partial charge in [0.1, 0.15) is 5.82 Å². The minimum atomic E-state index is -4.37. The average molecular weight is 311 g/mol. The third-order valence-corrected chi connectivity index (χ3v) is 3.68. The van der Waals surface area contributed by atoms with Gasteiger partial charge in [-0.3, -0.25) is 4.90 Å². The van der Waals surface area contributed by atoms with E-state index in [1.165, 1.54) is 12.1 Å². The maximum atomic E-state index is 13.9. The molecule has 0 radical (unpaired) electrons. The Morgan fingerprint density at radius 3 is 2.45 bits per heavy atom. The van der Waals surface area contributed by atoms with Gasteiger partial charge < -0.3 is 5.32 Å². The van der Waals surface area contributed by atoms with Crippen molar-refractivity contribution < 1.29 is 17.6 Å². The normalized spacial score (nSPS) is 19.1. The van der Waals surface area contributed by atoms with E-state index in [4.69, 9.17) is 11.6 Å². The summed E-state index contributed by atoms with van der Waals surface area (Å²) >= 11 is 5.92. The summed E-state index contributed by atoms with van der Waals surface area (Å²) in [5, 5.41) is 3.10. The molecule has 1 fully saturated rings. The van der Waals surface area contributed by atoms with Crippen molar-refractivity contribution in [1.29, 1.82) is 0 Å². The average Bonchev–Trinajstić information content (AvgIpc) is 2.37. The number of benzene rings is 1. The molecule has 112 valence electrons. The zero-order valence-electron chi connectivity index (χ0n) is 10.7. The number of nitrogens with zero attached hydrogens (tertiary/aromatic N) is 1. The van der Waals surface area contributed by atoms with Gasteiger partial charge >= 0.3 is 6.18 Å². The van der Waals surface area contributed by atoms with Crippen LogP contribution in [0.2, 0.25) is 5.02 Å².